The molecule has 2 fully saturated rings. The predicted molar refractivity (Wildman–Crippen MR) is 79.4 cm³/mol. The van der Waals surface area contributed by atoms with Gasteiger partial charge < -0.3 is 14.8 Å². The Morgan fingerprint density at radius 1 is 1.20 bits per heavy atom. The molecule has 1 aromatic carbocycles. The van der Waals surface area contributed by atoms with Gasteiger partial charge in [0.05, 0.1) is 14.2 Å². The van der Waals surface area contributed by atoms with E-state index in [1.54, 1.807) is 14.2 Å². The molecule has 1 N–H and O–H groups in total. The highest BCUT2D eigenvalue weighted by Gasteiger charge is 2.36. The van der Waals surface area contributed by atoms with E-state index in [2.05, 4.69) is 16.3 Å². The maximum atomic E-state index is 5.49. The number of ether oxygens (including phenoxy) is 2. The SMILES string of the molecule is COc1cccc(CNC2CCN3CCCC23)c1OC. The first-order valence-corrected chi connectivity index (χ1v) is 7.51. The lowest BCUT2D eigenvalue weighted by atomic mass is 10.1. The van der Waals surface area contributed by atoms with Gasteiger partial charge >= 0.3 is 0 Å². The van der Waals surface area contributed by atoms with Crippen LogP contribution in [-0.4, -0.2) is 44.3 Å². The fourth-order valence-electron chi connectivity index (χ4n) is 3.65. The predicted octanol–water partition coefficient (Wildman–Crippen LogP) is 2.03. The van der Waals surface area contributed by atoms with Gasteiger partial charge in [0, 0.05) is 30.7 Å². The maximum absolute atomic E-state index is 5.49. The summed E-state index contributed by atoms with van der Waals surface area (Å²) in [4.78, 5) is 2.63. The van der Waals surface area contributed by atoms with E-state index in [0.29, 0.717) is 6.04 Å². The molecule has 2 saturated heterocycles. The minimum Gasteiger partial charge on any atom is -0.493 e. The second kappa shape index (κ2) is 6.02. The molecule has 0 aliphatic carbocycles. The Kier molecular flexibility index (Phi) is 4.13. The van der Waals surface area contributed by atoms with E-state index in [-0.39, 0.29) is 0 Å². The van der Waals surface area contributed by atoms with Crippen molar-refractivity contribution in [1.29, 1.82) is 0 Å². The number of nitrogens with one attached hydrogen (secondary N) is 1. The summed E-state index contributed by atoms with van der Waals surface area (Å²) in [5, 5.41) is 3.72. The molecular formula is C16H24N2O2. The first-order chi connectivity index (χ1) is 9.83. The average molecular weight is 276 g/mol. The van der Waals surface area contributed by atoms with Crippen LogP contribution in [0.1, 0.15) is 24.8 Å². The molecule has 2 aliphatic rings. The van der Waals surface area contributed by atoms with E-state index in [9.17, 15) is 0 Å². The van der Waals surface area contributed by atoms with Crippen LogP contribution >= 0.6 is 0 Å². The topological polar surface area (TPSA) is 33.7 Å². The molecule has 2 unspecified atom stereocenters. The first kappa shape index (κ1) is 13.7. The molecule has 2 heterocycles. The normalized spacial score (nSPS) is 25.7. The fourth-order valence-corrected chi connectivity index (χ4v) is 3.65. The van der Waals surface area contributed by atoms with E-state index in [4.69, 9.17) is 9.47 Å². The first-order valence-electron chi connectivity index (χ1n) is 7.51. The van der Waals surface area contributed by atoms with Crippen LogP contribution in [0.15, 0.2) is 18.2 Å². The van der Waals surface area contributed by atoms with Crippen molar-refractivity contribution in [3.63, 3.8) is 0 Å². The molecule has 0 saturated carbocycles. The number of fused-ring (bicyclic) bond motifs is 1. The third-order valence-electron chi connectivity index (χ3n) is 4.65. The minimum atomic E-state index is 0.619. The summed E-state index contributed by atoms with van der Waals surface area (Å²) in [5.41, 5.74) is 1.17. The Labute approximate surface area is 121 Å². The largest absolute Gasteiger partial charge is 0.493 e. The lowest BCUT2D eigenvalue weighted by Crippen LogP contribution is -2.38. The van der Waals surface area contributed by atoms with Gasteiger partial charge in [-0.1, -0.05) is 12.1 Å². The monoisotopic (exact) mass is 276 g/mol. The van der Waals surface area contributed by atoms with Crippen LogP contribution in [0.2, 0.25) is 0 Å². The Morgan fingerprint density at radius 2 is 2.10 bits per heavy atom. The van der Waals surface area contributed by atoms with E-state index in [1.165, 1.54) is 37.9 Å². The van der Waals surface area contributed by atoms with Gasteiger partial charge in [-0.05, 0) is 31.9 Å². The van der Waals surface area contributed by atoms with Crippen molar-refractivity contribution in [3.05, 3.63) is 23.8 Å². The standard InChI is InChI=1S/C16H24N2O2/c1-19-15-7-3-5-12(16(15)20-2)11-17-13-8-10-18-9-4-6-14(13)18/h3,5,7,13-14,17H,4,6,8-11H2,1-2H3. The maximum Gasteiger partial charge on any atom is 0.165 e. The van der Waals surface area contributed by atoms with Crippen molar-refractivity contribution >= 4 is 0 Å². The highest BCUT2D eigenvalue weighted by Crippen LogP contribution is 2.32. The number of hydrogen-bond acceptors (Lipinski definition) is 4. The molecule has 0 amide bonds. The number of methoxy groups -OCH3 is 2. The lowest BCUT2D eigenvalue weighted by molar-refractivity contribution is 0.297. The van der Waals surface area contributed by atoms with Gasteiger partial charge in [0.15, 0.2) is 11.5 Å². The highest BCUT2D eigenvalue weighted by atomic mass is 16.5. The summed E-state index contributed by atoms with van der Waals surface area (Å²) in [5.74, 6) is 1.66. The fraction of sp³-hybridized carbons (Fsp3) is 0.625. The van der Waals surface area contributed by atoms with Crippen LogP contribution in [0.5, 0.6) is 11.5 Å². The van der Waals surface area contributed by atoms with Gasteiger partial charge in [0.25, 0.3) is 0 Å². The van der Waals surface area contributed by atoms with Crippen molar-refractivity contribution in [2.45, 2.75) is 37.9 Å². The van der Waals surface area contributed by atoms with Crippen LogP contribution in [0.4, 0.5) is 0 Å². The summed E-state index contributed by atoms with van der Waals surface area (Å²) in [7, 11) is 3.39. The number of benzene rings is 1. The summed E-state index contributed by atoms with van der Waals surface area (Å²) in [6, 6.07) is 7.43. The minimum absolute atomic E-state index is 0.619. The summed E-state index contributed by atoms with van der Waals surface area (Å²) in [6.07, 6.45) is 3.95. The van der Waals surface area contributed by atoms with Crippen molar-refractivity contribution in [2.75, 3.05) is 27.3 Å². The number of para-hydroxylation sites is 1. The van der Waals surface area contributed by atoms with Crippen LogP contribution in [0.25, 0.3) is 0 Å². The number of rotatable bonds is 5. The van der Waals surface area contributed by atoms with Crippen LogP contribution < -0.4 is 14.8 Å². The third-order valence-corrected chi connectivity index (χ3v) is 4.65. The molecule has 0 aromatic heterocycles. The van der Waals surface area contributed by atoms with Crippen molar-refractivity contribution in [3.8, 4) is 11.5 Å². The molecule has 2 atom stereocenters. The average Bonchev–Trinajstić information content (AvgIpc) is 3.08. The molecule has 4 heteroatoms. The van der Waals surface area contributed by atoms with Crippen molar-refractivity contribution in [2.24, 2.45) is 0 Å². The smallest absolute Gasteiger partial charge is 0.165 e. The molecular weight excluding hydrogens is 252 g/mol. The highest BCUT2D eigenvalue weighted by molar-refractivity contribution is 5.46. The number of hydrogen-bond donors (Lipinski definition) is 1. The summed E-state index contributed by atoms with van der Waals surface area (Å²) >= 11 is 0. The number of nitrogens with zero attached hydrogens (tertiary/aromatic N) is 1. The zero-order valence-electron chi connectivity index (χ0n) is 12.4. The zero-order valence-corrected chi connectivity index (χ0v) is 12.4. The van der Waals surface area contributed by atoms with Crippen LogP contribution in [0, 0.1) is 0 Å². The summed E-state index contributed by atoms with van der Waals surface area (Å²) in [6.45, 7) is 3.37. The Bertz CT molecular complexity index is 464. The molecule has 0 bridgehead atoms. The van der Waals surface area contributed by atoms with Gasteiger partial charge in [-0.3, -0.25) is 4.90 Å². The van der Waals surface area contributed by atoms with E-state index in [0.717, 1.165) is 24.1 Å². The second-order valence-electron chi connectivity index (χ2n) is 5.67. The van der Waals surface area contributed by atoms with Gasteiger partial charge in [-0.25, -0.2) is 0 Å². The molecule has 2 aliphatic heterocycles. The van der Waals surface area contributed by atoms with E-state index < -0.39 is 0 Å². The van der Waals surface area contributed by atoms with Crippen molar-refractivity contribution < 1.29 is 9.47 Å². The molecule has 0 radical (unpaired) electrons. The van der Waals surface area contributed by atoms with Gasteiger partial charge in [0.2, 0.25) is 0 Å². The van der Waals surface area contributed by atoms with Crippen LogP contribution in [-0.2, 0) is 6.54 Å². The second-order valence-corrected chi connectivity index (χ2v) is 5.67. The molecule has 1 aromatic rings. The van der Waals surface area contributed by atoms with Gasteiger partial charge in [-0.2, -0.15) is 0 Å². The summed E-state index contributed by atoms with van der Waals surface area (Å²) < 4.78 is 10.9. The van der Waals surface area contributed by atoms with E-state index >= 15 is 0 Å². The van der Waals surface area contributed by atoms with Crippen molar-refractivity contribution in [1.82, 2.24) is 10.2 Å². The molecule has 110 valence electrons. The zero-order chi connectivity index (χ0) is 13.9. The molecule has 0 spiro atoms. The Morgan fingerprint density at radius 3 is 2.90 bits per heavy atom. The van der Waals surface area contributed by atoms with Gasteiger partial charge in [0.1, 0.15) is 0 Å². The van der Waals surface area contributed by atoms with Crippen LogP contribution in [0.3, 0.4) is 0 Å². The third kappa shape index (κ3) is 2.50. The molecule has 3 rings (SSSR count). The quantitative estimate of drug-likeness (QED) is 0.892. The Hall–Kier alpha value is -1.26. The molecule has 4 nitrogen and oxygen atoms in total. The lowest BCUT2D eigenvalue weighted by Gasteiger charge is -2.22. The van der Waals surface area contributed by atoms with E-state index in [1.807, 2.05) is 12.1 Å². The molecule has 20 heavy (non-hydrogen) atoms. The Balaban J connectivity index is 1.66. The van der Waals surface area contributed by atoms with Gasteiger partial charge in [-0.15, -0.1) is 0 Å².